The number of aryl methyl sites for hydroxylation is 2. The van der Waals surface area contributed by atoms with Crippen LogP contribution in [0.25, 0.3) is 0 Å². The standard InChI is InChI=1S/C24H33F3N2O4/c1-13-19(32-21(28-13)15-7-9-16(10-8-15)24(25,26)27)17(30)18(31)20-14(2)29-22(33-20)23(3)11-5-4-6-12-23/h15-18,30-31H,4-12H2,1-3H3. The molecule has 9 heteroatoms. The Morgan fingerprint density at radius 1 is 0.879 bits per heavy atom. The third-order valence-corrected chi connectivity index (χ3v) is 7.53. The fourth-order valence-corrected chi connectivity index (χ4v) is 5.32. The summed E-state index contributed by atoms with van der Waals surface area (Å²) in [5, 5.41) is 21.8. The predicted molar refractivity (Wildman–Crippen MR) is 114 cm³/mol. The zero-order chi connectivity index (χ0) is 24.0. The van der Waals surface area contributed by atoms with Gasteiger partial charge in [-0.05, 0) is 52.4 Å². The van der Waals surface area contributed by atoms with Gasteiger partial charge in [0.15, 0.2) is 17.4 Å². The average molecular weight is 471 g/mol. The monoisotopic (exact) mass is 470 g/mol. The lowest BCUT2D eigenvalue weighted by molar-refractivity contribution is -0.182. The topological polar surface area (TPSA) is 92.5 Å². The molecule has 2 saturated carbocycles. The molecule has 0 aliphatic heterocycles. The van der Waals surface area contributed by atoms with Crippen LogP contribution >= 0.6 is 0 Å². The maximum Gasteiger partial charge on any atom is 0.391 e. The fraction of sp³-hybridized carbons (Fsp3) is 0.750. The first-order valence-electron chi connectivity index (χ1n) is 11.9. The van der Waals surface area contributed by atoms with Crippen molar-refractivity contribution in [1.82, 2.24) is 9.97 Å². The van der Waals surface area contributed by atoms with Crippen LogP contribution in [0.5, 0.6) is 0 Å². The summed E-state index contributed by atoms with van der Waals surface area (Å²) in [4.78, 5) is 8.92. The van der Waals surface area contributed by atoms with Crippen molar-refractivity contribution in [2.24, 2.45) is 5.92 Å². The molecule has 184 valence electrons. The van der Waals surface area contributed by atoms with Gasteiger partial charge in [0.1, 0.15) is 12.2 Å². The zero-order valence-electron chi connectivity index (χ0n) is 19.4. The molecule has 0 aromatic carbocycles. The highest BCUT2D eigenvalue weighted by molar-refractivity contribution is 5.21. The van der Waals surface area contributed by atoms with Crippen molar-refractivity contribution in [3.8, 4) is 0 Å². The minimum Gasteiger partial charge on any atom is -0.442 e. The molecule has 2 N–H and O–H groups in total. The van der Waals surface area contributed by atoms with Gasteiger partial charge in [0.05, 0.1) is 17.3 Å². The van der Waals surface area contributed by atoms with Crippen LogP contribution in [0.3, 0.4) is 0 Å². The normalized spacial score (nSPS) is 25.7. The molecule has 2 atom stereocenters. The van der Waals surface area contributed by atoms with E-state index >= 15 is 0 Å². The number of rotatable bonds is 5. The number of aromatic nitrogens is 2. The summed E-state index contributed by atoms with van der Waals surface area (Å²) in [6.07, 6.45) is -0.943. The molecule has 33 heavy (non-hydrogen) atoms. The van der Waals surface area contributed by atoms with Crippen LogP contribution < -0.4 is 0 Å². The second-order valence-corrected chi connectivity index (χ2v) is 10.1. The summed E-state index contributed by atoms with van der Waals surface area (Å²) < 4.78 is 50.6. The molecule has 0 saturated heterocycles. The van der Waals surface area contributed by atoms with Crippen LogP contribution in [0, 0.1) is 19.8 Å². The summed E-state index contributed by atoms with van der Waals surface area (Å²) in [7, 11) is 0. The smallest absolute Gasteiger partial charge is 0.391 e. The van der Waals surface area contributed by atoms with Crippen LogP contribution in [-0.2, 0) is 5.41 Å². The Hall–Kier alpha value is -1.87. The lowest BCUT2D eigenvalue weighted by Crippen LogP contribution is -2.27. The fourth-order valence-electron chi connectivity index (χ4n) is 5.32. The Morgan fingerprint density at radius 3 is 2.00 bits per heavy atom. The van der Waals surface area contributed by atoms with E-state index in [2.05, 4.69) is 16.9 Å². The van der Waals surface area contributed by atoms with Gasteiger partial charge in [-0.15, -0.1) is 0 Å². The average Bonchev–Trinajstić information content (AvgIpc) is 3.36. The molecule has 2 aliphatic rings. The molecule has 2 heterocycles. The Morgan fingerprint density at radius 2 is 1.42 bits per heavy atom. The lowest BCUT2D eigenvalue weighted by Gasteiger charge is -2.30. The molecule has 0 amide bonds. The SMILES string of the molecule is Cc1nc(C2CCC(C(F)(F)F)CC2)oc1C(O)C(O)c1oc(C2(C)CCCCC2)nc1C. The molecule has 2 fully saturated rings. The van der Waals surface area contributed by atoms with Gasteiger partial charge < -0.3 is 19.0 Å². The van der Waals surface area contributed by atoms with E-state index in [-0.39, 0.29) is 35.7 Å². The number of aliphatic hydroxyl groups excluding tert-OH is 2. The van der Waals surface area contributed by atoms with Crippen LogP contribution in [0.15, 0.2) is 8.83 Å². The molecular weight excluding hydrogens is 437 g/mol. The zero-order valence-corrected chi connectivity index (χ0v) is 19.4. The van der Waals surface area contributed by atoms with Crippen LogP contribution in [0.2, 0.25) is 0 Å². The van der Waals surface area contributed by atoms with E-state index in [1.165, 1.54) is 6.42 Å². The third-order valence-electron chi connectivity index (χ3n) is 7.53. The lowest BCUT2D eigenvalue weighted by atomic mass is 9.76. The van der Waals surface area contributed by atoms with Crippen molar-refractivity contribution in [3.63, 3.8) is 0 Å². The van der Waals surface area contributed by atoms with Gasteiger partial charge in [-0.2, -0.15) is 13.2 Å². The van der Waals surface area contributed by atoms with Crippen LogP contribution in [0.1, 0.15) is 118 Å². The van der Waals surface area contributed by atoms with E-state index in [4.69, 9.17) is 8.83 Å². The Kier molecular flexibility index (Phi) is 6.66. The first-order valence-corrected chi connectivity index (χ1v) is 11.9. The van der Waals surface area contributed by atoms with E-state index in [1.54, 1.807) is 13.8 Å². The first-order chi connectivity index (χ1) is 15.5. The van der Waals surface area contributed by atoms with Gasteiger partial charge in [-0.3, -0.25) is 0 Å². The number of hydrogen-bond donors (Lipinski definition) is 2. The first kappa shape index (κ1) is 24.3. The molecule has 4 rings (SSSR count). The van der Waals surface area contributed by atoms with Crippen molar-refractivity contribution in [1.29, 1.82) is 0 Å². The Balaban J connectivity index is 1.49. The number of halogens is 3. The van der Waals surface area contributed by atoms with Gasteiger partial charge in [0.2, 0.25) is 5.89 Å². The molecule has 2 unspecified atom stereocenters. The highest BCUT2D eigenvalue weighted by Gasteiger charge is 2.43. The quantitative estimate of drug-likeness (QED) is 0.548. The van der Waals surface area contributed by atoms with E-state index in [0.717, 1.165) is 25.7 Å². The van der Waals surface area contributed by atoms with Crippen LogP contribution in [-0.4, -0.2) is 26.4 Å². The van der Waals surface area contributed by atoms with E-state index in [9.17, 15) is 23.4 Å². The van der Waals surface area contributed by atoms with Gasteiger partial charge in [-0.1, -0.05) is 26.2 Å². The summed E-state index contributed by atoms with van der Waals surface area (Å²) in [6, 6.07) is 0. The van der Waals surface area contributed by atoms with Crippen molar-refractivity contribution in [3.05, 3.63) is 34.7 Å². The maximum absolute atomic E-state index is 13.0. The third kappa shape index (κ3) is 4.85. The molecule has 6 nitrogen and oxygen atoms in total. The number of oxazole rings is 2. The van der Waals surface area contributed by atoms with E-state index in [0.29, 0.717) is 36.0 Å². The van der Waals surface area contributed by atoms with Crippen molar-refractivity contribution in [2.75, 3.05) is 0 Å². The second-order valence-electron chi connectivity index (χ2n) is 10.1. The van der Waals surface area contributed by atoms with Gasteiger partial charge >= 0.3 is 6.18 Å². The second kappa shape index (κ2) is 9.06. The number of alkyl halides is 3. The van der Waals surface area contributed by atoms with E-state index in [1.807, 2.05) is 0 Å². The van der Waals surface area contributed by atoms with E-state index < -0.39 is 24.3 Å². The Labute approximate surface area is 191 Å². The summed E-state index contributed by atoms with van der Waals surface area (Å²) in [6.45, 7) is 5.51. The van der Waals surface area contributed by atoms with Crippen molar-refractivity contribution >= 4 is 0 Å². The minimum absolute atomic E-state index is 0.0366. The highest BCUT2D eigenvalue weighted by Crippen LogP contribution is 2.44. The molecular formula is C24H33F3N2O4. The number of nitrogens with zero attached hydrogens (tertiary/aromatic N) is 2. The summed E-state index contributed by atoms with van der Waals surface area (Å²) >= 11 is 0. The molecule has 2 aromatic rings. The van der Waals surface area contributed by atoms with Gasteiger partial charge in [-0.25, -0.2) is 9.97 Å². The highest BCUT2D eigenvalue weighted by atomic mass is 19.4. The van der Waals surface area contributed by atoms with Gasteiger partial charge in [0.25, 0.3) is 0 Å². The molecule has 2 aromatic heterocycles. The molecule has 2 aliphatic carbocycles. The van der Waals surface area contributed by atoms with Gasteiger partial charge in [0, 0.05) is 11.3 Å². The summed E-state index contributed by atoms with van der Waals surface area (Å²) in [5.41, 5.74) is 0.744. The molecule has 0 spiro atoms. The summed E-state index contributed by atoms with van der Waals surface area (Å²) in [5.74, 6) is -0.308. The van der Waals surface area contributed by atoms with Crippen LogP contribution in [0.4, 0.5) is 13.2 Å². The van der Waals surface area contributed by atoms with Crippen molar-refractivity contribution < 1.29 is 32.2 Å². The van der Waals surface area contributed by atoms with Crippen molar-refractivity contribution in [2.45, 2.75) is 108 Å². The minimum atomic E-state index is -4.18. The number of hydrogen-bond acceptors (Lipinski definition) is 6. The molecule has 0 radical (unpaired) electrons. The predicted octanol–water partition coefficient (Wildman–Crippen LogP) is 6.10. The largest absolute Gasteiger partial charge is 0.442 e. The molecule has 0 bridgehead atoms. The maximum atomic E-state index is 13.0. The number of aliphatic hydroxyl groups is 2. The Bertz CT molecular complexity index is 954.